The average molecular weight is 340 g/mol. The predicted molar refractivity (Wildman–Crippen MR) is 101 cm³/mol. The number of carbonyl (C=O) groups is 2. The zero-order valence-corrected chi connectivity index (χ0v) is 15.5. The van der Waals surface area contributed by atoms with E-state index in [9.17, 15) is 9.59 Å². The highest BCUT2D eigenvalue weighted by Crippen LogP contribution is 2.41. The SMILES string of the molecule is C=CCC1(C(=O)OCC)CCC/C(=C/c2ccc(C(C)C)cc2)C1=O. The van der Waals surface area contributed by atoms with Crippen molar-refractivity contribution in [3.05, 3.63) is 53.6 Å². The summed E-state index contributed by atoms with van der Waals surface area (Å²) in [6.45, 7) is 10.1. The van der Waals surface area contributed by atoms with Crippen LogP contribution >= 0.6 is 0 Å². The first kappa shape index (κ1) is 19.2. The van der Waals surface area contributed by atoms with Crippen molar-refractivity contribution >= 4 is 17.8 Å². The zero-order valence-electron chi connectivity index (χ0n) is 15.5. The summed E-state index contributed by atoms with van der Waals surface area (Å²) >= 11 is 0. The Morgan fingerprint density at radius 2 is 2.00 bits per heavy atom. The summed E-state index contributed by atoms with van der Waals surface area (Å²) in [4.78, 5) is 25.6. The Balaban J connectivity index is 2.33. The van der Waals surface area contributed by atoms with Crippen molar-refractivity contribution in [2.75, 3.05) is 6.61 Å². The van der Waals surface area contributed by atoms with Crippen molar-refractivity contribution in [1.29, 1.82) is 0 Å². The molecule has 3 nitrogen and oxygen atoms in total. The summed E-state index contributed by atoms with van der Waals surface area (Å²) in [5, 5.41) is 0. The van der Waals surface area contributed by atoms with Gasteiger partial charge in [-0.25, -0.2) is 0 Å². The average Bonchev–Trinajstić information content (AvgIpc) is 2.59. The minimum Gasteiger partial charge on any atom is -0.465 e. The molecule has 0 radical (unpaired) electrons. The maximum absolute atomic E-state index is 13.1. The van der Waals surface area contributed by atoms with Crippen LogP contribution in [0.4, 0.5) is 0 Å². The lowest BCUT2D eigenvalue weighted by atomic mass is 9.68. The highest BCUT2D eigenvalue weighted by molar-refractivity contribution is 6.14. The number of Topliss-reactive ketones (excluding diaryl/α,β-unsaturated/α-hetero) is 1. The second-order valence-corrected chi connectivity index (χ2v) is 6.97. The molecule has 1 fully saturated rings. The van der Waals surface area contributed by atoms with E-state index in [1.54, 1.807) is 13.0 Å². The number of rotatable bonds is 6. The number of carbonyl (C=O) groups excluding carboxylic acids is 2. The Bertz CT molecular complexity index is 667. The van der Waals surface area contributed by atoms with E-state index in [2.05, 4.69) is 32.6 Å². The molecule has 0 aromatic heterocycles. The van der Waals surface area contributed by atoms with Gasteiger partial charge in [0.1, 0.15) is 5.41 Å². The minimum absolute atomic E-state index is 0.106. The summed E-state index contributed by atoms with van der Waals surface area (Å²) in [5.74, 6) is -0.0484. The fourth-order valence-corrected chi connectivity index (χ4v) is 3.42. The van der Waals surface area contributed by atoms with E-state index in [1.807, 2.05) is 18.2 Å². The third-order valence-corrected chi connectivity index (χ3v) is 4.88. The first-order chi connectivity index (χ1) is 11.9. The molecule has 1 aliphatic rings. The molecule has 25 heavy (non-hydrogen) atoms. The van der Waals surface area contributed by atoms with Gasteiger partial charge in [-0.15, -0.1) is 6.58 Å². The molecule has 1 saturated carbocycles. The van der Waals surface area contributed by atoms with E-state index < -0.39 is 11.4 Å². The molecule has 2 rings (SSSR count). The van der Waals surface area contributed by atoms with Crippen LogP contribution in [0.25, 0.3) is 6.08 Å². The molecule has 1 aromatic rings. The lowest BCUT2D eigenvalue weighted by Crippen LogP contribution is -2.43. The van der Waals surface area contributed by atoms with Gasteiger partial charge in [0.15, 0.2) is 5.78 Å². The second-order valence-electron chi connectivity index (χ2n) is 6.97. The monoisotopic (exact) mass is 340 g/mol. The molecule has 1 aromatic carbocycles. The van der Waals surface area contributed by atoms with Crippen LogP contribution in [0.2, 0.25) is 0 Å². The maximum atomic E-state index is 13.1. The molecule has 0 N–H and O–H groups in total. The Labute approximate surface area is 150 Å². The number of hydrogen-bond donors (Lipinski definition) is 0. The molecule has 0 saturated heterocycles. The van der Waals surface area contributed by atoms with Crippen LogP contribution in [0.1, 0.15) is 63.5 Å². The predicted octanol–water partition coefficient (Wildman–Crippen LogP) is 5.07. The maximum Gasteiger partial charge on any atom is 0.320 e. The molecular weight excluding hydrogens is 312 g/mol. The van der Waals surface area contributed by atoms with Crippen molar-refractivity contribution in [2.24, 2.45) is 5.41 Å². The van der Waals surface area contributed by atoms with Crippen LogP contribution in [0.15, 0.2) is 42.5 Å². The first-order valence-corrected chi connectivity index (χ1v) is 9.08. The first-order valence-electron chi connectivity index (χ1n) is 9.08. The smallest absolute Gasteiger partial charge is 0.320 e. The van der Waals surface area contributed by atoms with Gasteiger partial charge < -0.3 is 4.74 Å². The Kier molecular flexibility index (Phi) is 6.35. The van der Waals surface area contributed by atoms with Crippen molar-refractivity contribution in [2.45, 2.75) is 52.4 Å². The summed E-state index contributed by atoms with van der Waals surface area (Å²) in [5.41, 5.74) is 1.87. The molecule has 134 valence electrons. The lowest BCUT2D eigenvalue weighted by Gasteiger charge is -2.33. The number of ketones is 1. The summed E-state index contributed by atoms with van der Waals surface area (Å²) in [6, 6.07) is 8.24. The van der Waals surface area contributed by atoms with Crippen LogP contribution in [0, 0.1) is 5.41 Å². The molecule has 0 spiro atoms. The normalized spacial score (nSPS) is 22.2. The highest BCUT2D eigenvalue weighted by Gasteiger charge is 2.48. The Hall–Kier alpha value is -2.16. The standard InChI is InChI=1S/C22H28O3/c1-5-13-22(21(24)25-6-2)14-7-8-19(20(22)23)15-17-9-11-18(12-10-17)16(3)4/h5,9-12,15-16H,1,6-8,13-14H2,2-4H3/b19-15-. The van der Waals surface area contributed by atoms with Gasteiger partial charge in [0, 0.05) is 0 Å². The van der Waals surface area contributed by atoms with Gasteiger partial charge in [-0.05, 0) is 61.3 Å². The van der Waals surface area contributed by atoms with E-state index in [4.69, 9.17) is 4.74 Å². The molecule has 1 atom stereocenters. The molecule has 3 heteroatoms. The molecule has 1 aliphatic carbocycles. The third kappa shape index (κ3) is 4.09. The summed E-state index contributed by atoms with van der Waals surface area (Å²) in [6.07, 6.45) is 5.92. The molecule has 0 bridgehead atoms. The van der Waals surface area contributed by atoms with Crippen LogP contribution in [0.3, 0.4) is 0 Å². The van der Waals surface area contributed by atoms with Crippen LogP contribution in [-0.2, 0) is 14.3 Å². The van der Waals surface area contributed by atoms with Crippen molar-refractivity contribution < 1.29 is 14.3 Å². The molecule has 0 heterocycles. The van der Waals surface area contributed by atoms with Gasteiger partial charge in [0.2, 0.25) is 0 Å². The second kappa shape index (κ2) is 8.28. The van der Waals surface area contributed by atoms with Gasteiger partial charge in [-0.3, -0.25) is 9.59 Å². The quantitative estimate of drug-likeness (QED) is 0.314. The summed E-state index contributed by atoms with van der Waals surface area (Å²) in [7, 11) is 0. The van der Waals surface area contributed by atoms with Crippen molar-refractivity contribution in [1.82, 2.24) is 0 Å². The van der Waals surface area contributed by atoms with Crippen LogP contribution < -0.4 is 0 Å². The summed E-state index contributed by atoms with van der Waals surface area (Å²) < 4.78 is 5.21. The van der Waals surface area contributed by atoms with Crippen molar-refractivity contribution in [3.63, 3.8) is 0 Å². The lowest BCUT2D eigenvalue weighted by molar-refractivity contribution is -0.160. The Morgan fingerprint density at radius 3 is 2.56 bits per heavy atom. The number of ether oxygens (including phenoxy) is 1. The zero-order chi connectivity index (χ0) is 18.4. The van der Waals surface area contributed by atoms with Gasteiger partial charge in [-0.2, -0.15) is 0 Å². The fourth-order valence-electron chi connectivity index (χ4n) is 3.42. The molecule has 0 amide bonds. The highest BCUT2D eigenvalue weighted by atomic mass is 16.5. The fraction of sp³-hybridized carbons (Fsp3) is 0.455. The number of benzene rings is 1. The van der Waals surface area contributed by atoms with Crippen molar-refractivity contribution in [3.8, 4) is 0 Å². The van der Waals surface area contributed by atoms with E-state index >= 15 is 0 Å². The van der Waals surface area contributed by atoms with Gasteiger partial charge in [0.25, 0.3) is 0 Å². The largest absolute Gasteiger partial charge is 0.465 e. The number of allylic oxidation sites excluding steroid dienone is 2. The van der Waals surface area contributed by atoms with E-state index in [-0.39, 0.29) is 12.4 Å². The minimum atomic E-state index is -1.10. The van der Waals surface area contributed by atoms with Gasteiger partial charge >= 0.3 is 5.97 Å². The molecule has 0 aliphatic heterocycles. The molecule has 1 unspecified atom stereocenters. The number of hydrogen-bond acceptors (Lipinski definition) is 3. The Morgan fingerprint density at radius 1 is 1.32 bits per heavy atom. The molecular formula is C22H28O3. The third-order valence-electron chi connectivity index (χ3n) is 4.88. The van der Waals surface area contributed by atoms with E-state index in [0.717, 1.165) is 12.0 Å². The van der Waals surface area contributed by atoms with Gasteiger partial charge in [-0.1, -0.05) is 44.2 Å². The van der Waals surface area contributed by atoms with Crippen LogP contribution in [-0.4, -0.2) is 18.4 Å². The number of esters is 1. The topological polar surface area (TPSA) is 43.4 Å². The van der Waals surface area contributed by atoms with Gasteiger partial charge in [0.05, 0.1) is 6.61 Å². The van der Waals surface area contributed by atoms with E-state index in [1.165, 1.54) is 5.56 Å². The van der Waals surface area contributed by atoms with E-state index in [0.29, 0.717) is 30.8 Å². The van der Waals surface area contributed by atoms with Crippen LogP contribution in [0.5, 0.6) is 0 Å².